The molecule has 0 aliphatic rings. The van der Waals surface area contributed by atoms with Gasteiger partial charge >= 0.3 is 9.76 Å². The fourth-order valence-electron chi connectivity index (χ4n) is 1.96. The second-order valence-corrected chi connectivity index (χ2v) is 6.10. The van der Waals surface area contributed by atoms with Crippen molar-refractivity contribution in [1.82, 2.24) is 0 Å². The summed E-state index contributed by atoms with van der Waals surface area (Å²) in [4.78, 5) is 11.2. The van der Waals surface area contributed by atoms with E-state index < -0.39 is 0 Å². The zero-order chi connectivity index (χ0) is 13.5. The van der Waals surface area contributed by atoms with Crippen molar-refractivity contribution in [3.63, 3.8) is 0 Å². The van der Waals surface area contributed by atoms with E-state index in [2.05, 4.69) is 6.92 Å². The van der Waals surface area contributed by atoms with E-state index in [4.69, 9.17) is 4.43 Å². The molecule has 0 bridgehead atoms. The highest BCUT2D eigenvalue weighted by Gasteiger charge is 2.01. The average Bonchev–Trinajstić information content (AvgIpc) is 2.38. The predicted octanol–water partition coefficient (Wildman–Crippen LogP) is 4.90. The van der Waals surface area contributed by atoms with E-state index in [9.17, 15) is 4.79 Å². The monoisotopic (exact) mass is 270 g/mol. The normalized spacial score (nSPS) is 10.6. The number of carbonyl (C=O) groups excluding carboxylic acids is 1. The van der Waals surface area contributed by atoms with Crippen molar-refractivity contribution in [2.45, 2.75) is 90.5 Å². The molecule has 0 aliphatic carbocycles. The van der Waals surface area contributed by atoms with Gasteiger partial charge in [0.1, 0.15) is 0 Å². The minimum atomic E-state index is -0.00486. The van der Waals surface area contributed by atoms with Crippen LogP contribution in [0, 0.1) is 0 Å². The second kappa shape index (κ2) is 14.7. The van der Waals surface area contributed by atoms with Gasteiger partial charge in [-0.25, -0.2) is 0 Å². The van der Waals surface area contributed by atoms with Crippen molar-refractivity contribution < 1.29 is 9.22 Å². The van der Waals surface area contributed by atoms with Crippen molar-refractivity contribution >= 4 is 15.7 Å². The summed E-state index contributed by atoms with van der Waals surface area (Å²) < 4.78 is 5.06. The van der Waals surface area contributed by atoms with Crippen LogP contribution in [0.15, 0.2) is 0 Å². The highest BCUT2D eigenvalue weighted by molar-refractivity contribution is 6.30. The third-order valence-electron chi connectivity index (χ3n) is 3.06. The molecule has 0 amide bonds. The lowest BCUT2D eigenvalue weighted by Crippen LogP contribution is -2.07. The standard InChI is InChI=1S/C15H30O2Si/c1-3-5-6-7-8-9-10-11-12-13-14-15(16)17-18-4-2/h3-14H2,1-2H3. The lowest BCUT2D eigenvalue weighted by molar-refractivity contribution is -0.134. The molecule has 0 atom stereocenters. The topological polar surface area (TPSA) is 26.3 Å². The smallest absolute Gasteiger partial charge is 0.314 e. The van der Waals surface area contributed by atoms with Gasteiger partial charge in [0.15, 0.2) is 0 Å². The molecule has 106 valence electrons. The van der Waals surface area contributed by atoms with E-state index >= 15 is 0 Å². The van der Waals surface area contributed by atoms with Gasteiger partial charge in [-0.3, -0.25) is 4.79 Å². The lowest BCUT2D eigenvalue weighted by atomic mass is 10.1. The van der Waals surface area contributed by atoms with E-state index in [0.29, 0.717) is 16.2 Å². The molecule has 0 aromatic rings. The van der Waals surface area contributed by atoms with E-state index in [1.54, 1.807) is 0 Å². The van der Waals surface area contributed by atoms with Gasteiger partial charge in [-0.2, -0.15) is 0 Å². The summed E-state index contributed by atoms with van der Waals surface area (Å²) in [6, 6.07) is 0.948. The first-order valence-corrected chi connectivity index (χ1v) is 8.85. The van der Waals surface area contributed by atoms with E-state index in [1.165, 1.54) is 57.8 Å². The van der Waals surface area contributed by atoms with E-state index in [1.807, 2.05) is 6.92 Å². The highest BCUT2D eigenvalue weighted by Crippen LogP contribution is 2.11. The Morgan fingerprint density at radius 3 is 1.83 bits per heavy atom. The molecule has 0 N–H and O–H groups in total. The maximum Gasteiger partial charge on any atom is 0.314 e. The number of unbranched alkanes of at least 4 members (excludes halogenated alkanes) is 9. The van der Waals surface area contributed by atoms with Gasteiger partial charge in [0.05, 0.1) is 0 Å². The van der Waals surface area contributed by atoms with Crippen LogP contribution in [0.5, 0.6) is 0 Å². The van der Waals surface area contributed by atoms with Gasteiger partial charge in [0.25, 0.3) is 5.97 Å². The molecular weight excluding hydrogens is 240 g/mol. The van der Waals surface area contributed by atoms with Crippen molar-refractivity contribution in [3.8, 4) is 0 Å². The first-order chi connectivity index (χ1) is 8.81. The van der Waals surface area contributed by atoms with Gasteiger partial charge in [0.2, 0.25) is 0 Å². The minimum Gasteiger partial charge on any atom is -0.516 e. The van der Waals surface area contributed by atoms with Crippen LogP contribution in [0.3, 0.4) is 0 Å². The van der Waals surface area contributed by atoms with Gasteiger partial charge in [-0.05, 0) is 12.5 Å². The molecule has 0 spiro atoms. The Labute approximate surface area is 116 Å². The Kier molecular flexibility index (Phi) is 14.5. The minimum absolute atomic E-state index is 0.00486. The molecule has 0 rings (SSSR count). The maximum absolute atomic E-state index is 11.2. The SMILES string of the molecule is CCCCCCCCCCCCC(=O)O[Si]CC. The Bertz CT molecular complexity index is 183. The summed E-state index contributed by atoms with van der Waals surface area (Å²) in [5.41, 5.74) is 0. The third kappa shape index (κ3) is 13.8. The quantitative estimate of drug-likeness (QED) is 0.351. The Balaban J connectivity index is 3.04. The first kappa shape index (κ1) is 17.7. The highest BCUT2D eigenvalue weighted by atomic mass is 28.2. The van der Waals surface area contributed by atoms with Crippen LogP contribution in [0.2, 0.25) is 6.04 Å². The molecule has 0 saturated carbocycles. The van der Waals surface area contributed by atoms with Crippen LogP contribution >= 0.6 is 0 Å². The Morgan fingerprint density at radius 1 is 0.833 bits per heavy atom. The first-order valence-electron chi connectivity index (χ1n) is 7.73. The second-order valence-electron chi connectivity index (χ2n) is 4.90. The maximum atomic E-state index is 11.2. The molecule has 3 heteroatoms. The molecule has 0 aliphatic heterocycles. The predicted molar refractivity (Wildman–Crippen MR) is 78.8 cm³/mol. The summed E-state index contributed by atoms with van der Waals surface area (Å²) in [5.74, 6) is -0.00486. The third-order valence-corrected chi connectivity index (χ3v) is 3.73. The van der Waals surface area contributed by atoms with Crippen molar-refractivity contribution in [2.24, 2.45) is 0 Å². The average molecular weight is 270 g/mol. The number of rotatable bonds is 13. The van der Waals surface area contributed by atoms with Crippen molar-refractivity contribution in [3.05, 3.63) is 0 Å². The molecular formula is C15H30O2Si. The molecule has 2 radical (unpaired) electrons. The number of hydrogen-bond acceptors (Lipinski definition) is 2. The summed E-state index contributed by atoms with van der Waals surface area (Å²) in [7, 11) is 0.357. The molecule has 0 aromatic heterocycles. The molecule has 0 aromatic carbocycles. The van der Waals surface area contributed by atoms with E-state index in [0.717, 1.165) is 12.5 Å². The number of carbonyl (C=O) groups is 1. The van der Waals surface area contributed by atoms with Crippen LogP contribution in [0.1, 0.15) is 84.5 Å². The Morgan fingerprint density at radius 2 is 1.33 bits per heavy atom. The summed E-state index contributed by atoms with van der Waals surface area (Å²) >= 11 is 0. The van der Waals surface area contributed by atoms with Crippen LogP contribution < -0.4 is 0 Å². The largest absolute Gasteiger partial charge is 0.516 e. The van der Waals surface area contributed by atoms with Gasteiger partial charge in [-0.1, -0.05) is 71.6 Å². The Hall–Kier alpha value is -0.313. The van der Waals surface area contributed by atoms with Crippen LogP contribution in [0.25, 0.3) is 0 Å². The fraction of sp³-hybridized carbons (Fsp3) is 0.933. The van der Waals surface area contributed by atoms with Crippen LogP contribution in [-0.4, -0.2) is 15.7 Å². The van der Waals surface area contributed by atoms with Crippen LogP contribution in [-0.2, 0) is 9.22 Å². The summed E-state index contributed by atoms with van der Waals surface area (Å²) in [5, 5.41) is 0. The lowest BCUT2D eigenvalue weighted by Gasteiger charge is -2.03. The molecule has 2 nitrogen and oxygen atoms in total. The molecule has 0 saturated heterocycles. The molecule has 0 heterocycles. The van der Waals surface area contributed by atoms with Crippen LogP contribution in [0.4, 0.5) is 0 Å². The van der Waals surface area contributed by atoms with E-state index in [-0.39, 0.29) is 5.97 Å². The zero-order valence-electron chi connectivity index (χ0n) is 12.3. The van der Waals surface area contributed by atoms with Gasteiger partial charge < -0.3 is 4.43 Å². The van der Waals surface area contributed by atoms with Crippen molar-refractivity contribution in [1.29, 1.82) is 0 Å². The molecule has 18 heavy (non-hydrogen) atoms. The zero-order valence-corrected chi connectivity index (χ0v) is 13.3. The molecule has 0 fully saturated rings. The van der Waals surface area contributed by atoms with Gasteiger partial charge in [-0.15, -0.1) is 0 Å². The molecule has 0 unspecified atom stereocenters. The number of hydrogen-bond donors (Lipinski definition) is 0. The van der Waals surface area contributed by atoms with Gasteiger partial charge in [0, 0.05) is 6.42 Å². The van der Waals surface area contributed by atoms with Crippen molar-refractivity contribution in [2.75, 3.05) is 0 Å². The summed E-state index contributed by atoms with van der Waals surface area (Å²) in [6.45, 7) is 4.29. The summed E-state index contributed by atoms with van der Waals surface area (Å²) in [6.07, 6.45) is 13.7. The fourth-order valence-corrected chi connectivity index (χ4v) is 2.37.